The number of benzene rings is 2. The molecule has 1 saturated heterocycles. The molecule has 0 aromatic heterocycles. The summed E-state index contributed by atoms with van der Waals surface area (Å²) in [6.07, 6.45) is 2.38. The van der Waals surface area contributed by atoms with Gasteiger partial charge in [0, 0.05) is 30.4 Å². The first-order valence-electron chi connectivity index (χ1n) is 9.06. The van der Waals surface area contributed by atoms with Gasteiger partial charge in [0.1, 0.15) is 5.56 Å². The molecule has 2 aromatic rings. The lowest BCUT2D eigenvalue weighted by Gasteiger charge is -2.26. The summed E-state index contributed by atoms with van der Waals surface area (Å²) in [5.74, 6) is -0.207. The second-order valence-electron chi connectivity index (χ2n) is 6.48. The largest absolute Gasteiger partial charge is 0.493 e. The van der Waals surface area contributed by atoms with E-state index in [0.29, 0.717) is 18.7 Å². The van der Waals surface area contributed by atoms with Gasteiger partial charge in [0.15, 0.2) is 11.5 Å². The van der Waals surface area contributed by atoms with Crippen molar-refractivity contribution in [3.8, 4) is 11.5 Å². The lowest BCUT2D eigenvalue weighted by molar-refractivity contribution is -0.385. The van der Waals surface area contributed by atoms with Crippen LogP contribution in [0.15, 0.2) is 36.4 Å². The monoisotopic (exact) mass is 399 g/mol. The van der Waals surface area contributed by atoms with Crippen LogP contribution >= 0.6 is 0 Å². The van der Waals surface area contributed by atoms with Crippen LogP contribution in [0.1, 0.15) is 29.6 Å². The van der Waals surface area contributed by atoms with Gasteiger partial charge in [0.2, 0.25) is 5.91 Å². The van der Waals surface area contributed by atoms with Crippen molar-refractivity contribution in [1.29, 1.82) is 0 Å². The van der Waals surface area contributed by atoms with Gasteiger partial charge in [-0.15, -0.1) is 0 Å². The first kappa shape index (κ1) is 20.1. The molecule has 0 aliphatic carbocycles. The van der Waals surface area contributed by atoms with E-state index in [1.54, 1.807) is 29.2 Å². The molecule has 2 amide bonds. The minimum atomic E-state index is -0.653. The molecular formula is C20H21N3O6. The Kier molecular flexibility index (Phi) is 5.96. The SMILES string of the molecule is COc1cc(C(=O)Nc2ccc(N3CCCCC3=O)cc2)c([N+](=O)[O-])cc1OC. The van der Waals surface area contributed by atoms with Crippen LogP contribution in [0.4, 0.5) is 17.1 Å². The van der Waals surface area contributed by atoms with Gasteiger partial charge in [-0.05, 0) is 37.1 Å². The highest BCUT2D eigenvalue weighted by Crippen LogP contribution is 2.35. The van der Waals surface area contributed by atoms with Crippen LogP contribution in [0, 0.1) is 10.1 Å². The van der Waals surface area contributed by atoms with E-state index in [1.165, 1.54) is 20.3 Å². The highest BCUT2D eigenvalue weighted by Gasteiger charge is 2.25. The highest BCUT2D eigenvalue weighted by molar-refractivity contribution is 6.07. The summed E-state index contributed by atoms with van der Waals surface area (Å²) in [6.45, 7) is 0.669. The fourth-order valence-corrected chi connectivity index (χ4v) is 3.20. The minimum absolute atomic E-state index is 0.0778. The number of hydrogen-bond acceptors (Lipinski definition) is 6. The second kappa shape index (κ2) is 8.59. The number of rotatable bonds is 6. The van der Waals surface area contributed by atoms with Crippen LogP contribution in [0.25, 0.3) is 0 Å². The molecule has 1 N–H and O–H groups in total. The van der Waals surface area contributed by atoms with Crippen molar-refractivity contribution in [3.63, 3.8) is 0 Å². The van der Waals surface area contributed by atoms with Gasteiger partial charge in [0.25, 0.3) is 11.6 Å². The Labute approximate surface area is 167 Å². The van der Waals surface area contributed by atoms with Gasteiger partial charge in [0.05, 0.1) is 25.2 Å². The number of nitrogens with one attached hydrogen (secondary N) is 1. The molecule has 0 bridgehead atoms. The van der Waals surface area contributed by atoms with E-state index in [-0.39, 0.29) is 23.0 Å². The molecule has 0 radical (unpaired) electrons. The van der Waals surface area contributed by atoms with E-state index in [1.807, 2.05) is 0 Å². The Morgan fingerprint density at radius 2 is 1.76 bits per heavy atom. The van der Waals surface area contributed by atoms with Crippen LogP contribution in [-0.4, -0.2) is 37.5 Å². The molecule has 1 aliphatic rings. The van der Waals surface area contributed by atoms with E-state index >= 15 is 0 Å². The lowest BCUT2D eigenvalue weighted by Crippen LogP contribution is -2.35. The molecule has 9 nitrogen and oxygen atoms in total. The van der Waals surface area contributed by atoms with Crippen molar-refractivity contribution in [3.05, 3.63) is 52.1 Å². The Morgan fingerprint density at radius 1 is 1.10 bits per heavy atom. The van der Waals surface area contributed by atoms with Gasteiger partial charge in [-0.1, -0.05) is 0 Å². The summed E-state index contributed by atoms with van der Waals surface area (Å²) in [7, 11) is 2.74. The predicted molar refractivity (Wildman–Crippen MR) is 107 cm³/mol. The van der Waals surface area contributed by atoms with Crippen molar-refractivity contribution in [2.75, 3.05) is 31.0 Å². The zero-order valence-electron chi connectivity index (χ0n) is 16.1. The molecule has 152 valence electrons. The zero-order valence-corrected chi connectivity index (χ0v) is 16.1. The summed E-state index contributed by atoms with van der Waals surface area (Å²) < 4.78 is 10.2. The summed E-state index contributed by atoms with van der Waals surface area (Å²) >= 11 is 0. The third kappa shape index (κ3) is 4.29. The first-order valence-corrected chi connectivity index (χ1v) is 9.06. The van der Waals surface area contributed by atoms with Gasteiger partial charge < -0.3 is 19.7 Å². The number of ether oxygens (including phenoxy) is 2. The van der Waals surface area contributed by atoms with E-state index in [0.717, 1.165) is 24.6 Å². The van der Waals surface area contributed by atoms with Crippen molar-refractivity contribution in [2.24, 2.45) is 0 Å². The molecule has 1 fully saturated rings. The molecule has 29 heavy (non-hydrogen) atoms. The summed E-state index contributed by atoms with van der Waals surface area (Å²) in [6, 6.07) is 9.21. The Hall–Kier alpha value is -3.62. The number of nitro groups is 1. The second-order valence-corrected chi connectivity index (χ2v) is 6.48. The first-order chi connectivity index (χ1) is 13.9. The molecule has 0 spiro atoms. The molecule has 1 aliphatic heterocycles. The molecule has 0 unspecified atom stereocenters. The van der Waals surface area contributed by atoms with Crippen LogP contribution < -0.4 is 19.7 Å². The van der Waals surface area contributed by atoms with Crippen LogP contribution in [0.3, 0.4) is 0 Å². The molecule has 0 atom stereocenters. The number of piperidine rings is 1. The van der Waals surface area contributed by atoms with Gasteiger partial charge >= 0.3 is 0 Å². The summed E-state index contributed by atoms with van der Waals surface area (Å²) in [5, 5.41) is 14.0. The van der Waals surface area contributed by atoms with Crippen molar-refractivity contribution in [1.82, 2.24) is 0 Å². The summed E-state index contributed by atoms with van der Waals surface area (Å²) in [5.41, 5.74) is 0.663. The lowest BCUT2D eigenvalue weighted by atomic mass is 10.1. The van der Waals surface area contributed by atoms with Gasteiger partial charge in [-0.25, -0.2) is 0 Å². The highest BCUT2D eigenvalue weighted by atomic mass is 16.6. The van der Waals surface area contributed by atoms with Gasteiger partial charge in [-0.3, -0.25) is 19.7 Å². The molecule has 0 saturated carbocycles. The summed E-state index contributed by atoms with van der Waals surface area (Å²) in [4.78, 5) is 37.2. The zero-order chi connectivity index (χ0) is 21.0. The standard InChI is InChI=1S/C20H21N3O6/c1-28-17-11-15(16(23(26)27)12-18(17)29-2)20(25)21-13-6-8-14(9-7-13)22-10-4-3-5-19(22)24/h6-9,11-12H,3-5,10H2,1-2H3,(H,21,25). The number of methoxy groups -OCH3 is 2. The third-order valence-electron chi connectivity index (χ3n) is 4.70. The van der Waals surface area contributed by atoms with Gasteiger partial charge in [-0.2, -0.15) is 0 Å². The molecule has 3 rings (SSSR count). The van der Waals surface area contributed by atoms with E-state index < -0.39 is 16.5 Å². The van der Waals surface area contributed by atoms with E-state index in [4.69, 9.17) is 9.47 Å². The molecule has 2 aromatic carbocycles. The fraction of sp³-hybridized carbons (Fsp3) is 0.300. The molecule has 9 heteroatoms. The number of hydrogen-bond donors (Lipinski definition) is 1. The average molecular weight is 399 g/mol. The Balaban J connectivity index is 1.83. The number of anilines is 2. The van der Waals surface area contributed by atoms with Crippen molar-refractivity contribution < 1.29 is 24.0 Å². The molecule has 1 heterocycles. The topological polar surface area (TPSA) is 111 Å². The maximum atomic E-state index is 12.7. The van der Waals surface area contributed by atoms with Crippen LogP contribution in [0.2, 0.25) is 0 Å². The Bertz CT molecular complexity index is 942. The molecular weight excluding hydrogens is 378 g/mol. The number of amides is 2. The number of nitro benzene ring substituents is 1. The number of carbonyl (C=O) groups is 2. The van der Waals surface area contributed by atoms with Crippen LogP contribution in [0.5, 0.6) is 11.5 Å². The fourth-order valence-electron chi connectivity index (χ4n) is 3.20. The number of nitrogens with zero attached hydrogens (tertiary/aromatic N) is 2. The van der Waals surface area contributed by atoms with Crippen molar-refractivity contribution in [2.45, 2.75) is 19.3 Å². The smallest absolute Gasteiger partial charge is 0.286 e. The quantitative estimate of drug-likeness (QED) is 0.589. The predicted octanol–water partition coefficient (Wildman–Crippen LogP) is 3.38. The van der Waals surface area contributed by atoms with E-state index in [9.17, 15) is 19.7 Å². The van der Waals surface area contributed by atoms with E-state index in [2.05, 4.69) is 5.32 Å². The maximum Gasteiger partial charge on any atom is 0.286 e. The van der Waals surface area contributed by atoms with Crippen LogP contribution in [-0.2, 0) is 4.79 Å². The maximum absolute atomic E-state index is 12.7. The average Bonchev–Trinajstić information content (AvgIpc) is 2.73. The minimum Gasteiger partial charge on any atom is -0.493 e. The number of carbonyl (C=O) groups excluding carboxylic acids is 2. The Morgan fingerprint density at radius 3 is 2.34 bits per heavy atom. The third-order valence-corrected chi connectivity index (χ3v) is 4.70. The van der Waals surface area contributed by atoms with Crippen molar-refractivity contribution >= 4 is 28.9 Å². The normalized spacial score (nSPS) is 13.7.